The van der Waals surface area contributed by atoms with Crippen LogP contribution in [0.15, 0.2) is 35.7 Å². The molecule has 1 aromatic heterocycles. The quantitative estimate of drug-likeness (QED) is 0.922. The molecule has 96 valence electrons. The predicted molar refractivity (Wildman–Crippen MR) is 72.5 cm³/mol. The van der Waals surface area contributed by atoms with Gasteiger partial charge in [0.05, 0.1) is 14.2 Å². The number of rotatable bonds is 4. The van der Waals surface area contributed by atoms with Gasteiger partial charge in [-0.2, -0.15) is 0 Å². The molecular weight excluding hydrogens is 248 g/mol. The van der Waals surface area contributed by atoms with E-state index in [9.17, 15) is 5.11 Å². The Bertz CT molecular complexity index is 518. The normalized spacial score (nSPS) is 14.0. The maximum Gasteiger partial charge on any atom is 0.161 e. The van der Waals surface area contributed by atoms with Gasteiger partial charge in [-0.05, 0) is 36.1 Å². The van der Waals surface area contributed by atoms with Crippen molar-refractivity contribution in [3.05, 3.63) is 46.2 Å². The van der Waals surface area contributed by atoms with Gasteiger partial charge in [0.15, 0.2) is 11.5 Å². The minimum Gasteiger partial charge on any atom is -0.493 e. The molecule has 4 heteroatoms. The van der Waals surface area contributed by atoms with Crippen LogP contribution in [0.5, 0.6) is 11.5 Å². The van der Waals surface area contributed by atoms with Crippen LogP contribution in [-0.4, -0.2) is 19.3 Å². The van der Waals surface area contributed by atoms with E-state index < -0.39 is 5.60 Å². The van der Waals surface area contributed by atoms with Crippen molar-refractivity contribution in [2.75, 3.05) is 14.2 Å². The summed E-state index contributed by atoms with van der Waals surface area (Å²) in [7, 11) is 3.18. The highest BCUT2D eigenvalue weighted by Crippen LogP contribution is 2.37. The lowest BCUT2D eigenvalue weighted by Gasteiger charge is -2.23. The molecule has 1 aromatic carbocycles. The second-order valence-corrected chi connectivity index (χ2v) is 5.07. The zero-order valence-corrected chi connectivity index (χ0v) is 11.5. The van der Waals surface area contributed by atoms with Crippen molar-refractivity contribution in [2.45, 2.75) is 12.5 Å². The Morgan fingerprint density at radius 1 is 1.11 bits per heavy atom. The molecule has 2 rings (SSSR count). The maximum absolute atomic E-state index is 10.6. The SMILES string of the molecule is COc1ccc(C(C)(O)c2cccs2)cc1OC. The van der Waals surface area contributed by atoms with Crippen LogP contribution in [0, 0.1) is 0 Å². The van der Waals surface area contributed by atoms with Gasteiger partial charge < -0.3 is 14.6 Å². The zero-order valence-electron chi connectivity index (χ0n) is 10.6. The van der Waals surface area contributed by atoms with Crippen molar-refractivity contribution in [2.24, 2.45) is 0 Å². The fourth-order valence-electron chi connectivity index (χ4n) is 1.84. The Morgan fingerprint density at radius 3 is 2.39 bits per heavy atom. The smallest absolute Gasteiger partial charge is 0.161 e. The van der Waals surface area contributed by atoms with E-state index in [-0.39, 0.29) is 0 Å². The van der Waals surface area contributed by atoms with Gasteiger partial charge >= 0.3 is 0 Å². The van der Waals surface area contributed by atoms with Gasteiger partial charge in [-0.3, -0.25) is 0 Å². The second kappa shape index (κ2) is 5.00. The Hall–Kier alpha value is -1.52. The summed E-state index contributed by atoms with van der Waals surface area (Å²) in [5.41, 5.74) is -0.240. The average molecular weight is 264 g/mol. The lowest BCUT2D eigenvalue weighted by atomic mass is 9.94. The third-order valence-corrected chi connectivity index (χ3v) is 4.03. The Labute approximate surface area is 111 Å². The first-order chi connectivity index (χ1) is 8.59. The van der Waals surface area contributed by atoms with Gasteiger partial charge in [-0.1, -0.05) is 12.1 Å². The monoisotopic (exact) mass is 264 g/mol. The van der Waals surface area contributed by atoms with Crippen molar-refractivity contribution in [3.63, 3.8) is 0 Å². The number of ether oxygens (including phenoxy) is 2. The van der Waals surface area contributed by atoms with Crippen LogP contribution in [0.1, 0.15) is 17.4 Å². The first-order valence-corrected chi connectivity index (χ1v) is 6.46. The summed E-state index contributed by atoms with van der Waals surface area (Å²) in [6, 6.07) is 9.30. The van der Waals surface area contributed by atoms with E-state index in [0.29, 0.717) is 11.5 Å². The summed E-state index contributed by atoms with van der Waals surface area (Å²) in [5.74, 6) is 1.27. The Kier molecular flexibility index (Phi) is 3.59. The Morgan fingerprint density at radius 2 is 1.83 bits per heavy atom. The van der Waals surface area contributed by atoms with E-state index in [1.807, 2.05) is 23.6 Å². The van der Waals surface area contributed by atoms with Crippen molar-refractivity contribution in [1.82, 2.24) is 0 Å². The molecule has 0 aliphatic rings. The topological polar surface area (TPSA) is 38.7 Å². The van der Waals surface area contributed by atoms with Crippen LogP contribution in [0.2, 0.25) is 0 Å². The molecular formula is C14H16O3S. The highest BCUT2D eigenvalue weighted by molar-refractivity contribution is 7.10. The van der Waals surface area contributed by atoms with Gasteiger partial charge in [-0.15, -0.1) is 11.3 Å². The molecule has 2 aromatic rings. The van der Waals surface area contributed by atoms with Crippen LogP contribution in [0.3, 0.4) is 0 Å². The standard InChI is InChI=1S/C14H16O3S/c1-14(15,13-5-4-8-18-13)10-6-7-11(16-2)12(9-10)17-3/h4-9,15H,1-3H3. The summed E-state index contributed by atoms with van der Waals surface area (Å²) in [6.45, 7) is 1.78. The first-order valence-electron chi connectivity index (χ1n) is 5.58. The van der Waals surface area contributed by atoms with Crippen molar-refractivity contribution in [1.29, 1.82) is 0 Å². The van der Waals surface area contributed by atoms with Gasteiger partial charge in [0.25, 0.3) is 0 Å². The first kappa shape index (κ1) is 12.9. The van der Waals surface area contributed by atoms with Crippen molar-refractivity contribution in [3.8, 4) is 11.5 Å². The number of aliphatic hydroxyl groups is 1. The second-order valence-electron chi connectivity index (χ2n) is 4.12. The van der Waals surface area contributed by atoms with E-state index in [4.69, 9.17) is 9.47 Å². The minimum atomic E-state index is -1.02. The number of methoxy groups -OCH3 is 2. The highest BCUT2D eigenvalue weighted by Gasteiger charge is 2.27. The molecule has 0 saturated carbocycles. The molecule has 0 bridgehead atoms. The molecule has 18 heavy (non-hydrogen) atoms. The number of hydrogen-bond donors (Lipinski definition) is 1. The third kappa shape index (κ3) is 2.21. The summed E-state index contributed by atoms with van der Waals surface area (Å²) in [6.07, 6.45) is 0. The summed E-state index contributed by atoms with van der Waals surface area (Å²) < 4.78 is 10.4. The van der Waals surface area contributed by atoms with Gasteiger partial charge in [0.2, 0.25) is 0 Å². The fraction of sp³-hybridized carbons (Fsp3) is 0.286. The fourth-order valence-corrected chi connectivity index (χ4v) is 2.65. The van der Waals surface area contributed by atoms with Crippen LogP contribution < -0.4 is 9.47 Å². The molecule has 0 radical (unpaired) electrons. The lowest BCUT2D eigenvalue weighted by molar-refractivity contribution is 0.106. The van der Waals surface area contributed by atoms with Gasteiger partial charge in [0.1, 0.15) is 5.60 Å². The molecule has 1 heterocycles. The van der Waals surface area contributed by atoms with E-state index in [0.717, 1.165) is 10.4 Å². The third-order valence-electron chi connectivity index (χ3n) is 2.95. The minimum absolute atomic E-state index is 0.617. The van der Waals surface area contributed by atoms with Crippen LogP contribution in [0.25, 0.3) is 0 Å². The molecule has 0 amide bonds. The summed E-state index contributed by atoms with van der Waals surface area (Å²) in [5, 5.41) is 12.6. The zero-order chi connectivity index (χ0) is 13.2. The van der Waals surface area contributed by atoms with E-state index in [1.165, 1.54) is 11.3 Å². The molecule has 0 aliphatic carbocycles. The Balaban J connectivity index is 2.45. The molecule has 0 saturated heterocycles. The molecule has 0 fully saturated rings. The van der Waals surface area contributed by atoms with Crippen LogP contribution in [0.4, 0.5) is 0 Å². The van der Waals surface area contributed by atoms with Crippen molar-refractivity contribution >= 4 is 11.3 Å². The number of thiophene rings is 1. The van der Waals surface area contributed by atoms with Gasteiger partial charge in [0, 0.05) is 4.88 Å². The average Bonchev–Trinajstić information content (AvgIpc) is 2.92. The largest absolute Gasteiger partial charge is 0.493 e. The van der Waals surface area contributed by atoms with Crippen LogP contribution >= 0.6 is 11.3 Å². The van der Waals surface area contributed by atoms with Crippen molar-refractivity contribution < 1.29 is 14.6 Å². The highest BCUT2D eigenvalue weighted by atomic mass is 32.1. The predicted octanol–water partition coefficient (Wildman–Crippen LogP) is 3.02. The summed E-state index contributed by atoms with van der Waals surface area (Å²) in [4.78, 5) is 0.898. The molecule has 3 nitrogen and oxygen atoms in total. The molecule has 0 aliphatic heterocycles. The van der Waals surface area contributed by atoms with Gasteiger partial charge in [-0.25, -0.2) is 0 Å². The van der Waals surface area contributed by atoms with E-state index in [2.05, 4.69) is 0 Å². The molecule has 1 unspecified atom stereocenters. The molecule has 1 N–H and O–H groups in total. The summed E-state index contributed by atoms with van der Waals surface area (Å²) >= 11 is 1.53. The number of hydrogen-bond acceptors (Lipinski definition) is 4. The molecule has 0 spiro atoms. The number of benzene rings is 1. The van der Waals surface area contributed by atoms with Crippen LogP contribution in [-0.2, 0) is 5.60 Å². The molecule has 1 atom stereocenters. The maximum atomic E-state index is 10.6. The lowest BCUT2D eigenvalue weighted by Crippen LogP contribution is -2.21. The van der Waals surface area contributed by atoms with E-state index >= 15 is 0 Å². The van der Waals surface area contributed by atoms with E-state index in [1.54, 1.807) is 33.3 Å².